The number of methoxy groups -OCH3 is 3. The summed E-state index contributed by atoms with van der Waals surface area (Å²) in [5, 5.41) is 4.24. The Morgan fingerprint density at radius 1 is 0.886 bits per heavy atom. The van der Waals surface area contributed by atoms with E-state index >= 15 is 0 Å². The minimum absolute atomic E-state index is 0.476. The number of aromatic nitrogens is 2. The fourth-order valence-corrected chi connectivity index (χ4v) is 4.30. The van der Waals surface area contributed by atoms with E-state index in [0.717, 1.165) is 54.0 Å². The molecule has 0 atom stereocenters. The van der Waals surface area contributed by atoms with Crippen molar-refractivity contribution < 1.29 is 18.9 Å². The monoisotopic (exact) mass is 472 g/mol. The number of fused-ring (bicyclic) bond motifs is 1. The quantitative estimate of drug-likeness (QED) is 0.407. The van der Waals surface area contributed by atoms with Gasteiger partial charge in [0.05, 0.1) is 40.1 Å². The predicted molar refractivity (Wildman–Crippen MR) is 137 cm³/mol. The first-order valence-electron chi connectivity index (χ1n) is 11.5. The molecular formula is C27H28N4O4. The molecular weight excluding hydrogens is 444 g/mol. The Bertz CT molecular complexity index is 1300. The Hall–Kier alpha value is -4.04. The van der Waals surface area contributed by atoms with Crippen LogP contribution in [0.25, 0.3) is 22.0 Å². The molecule has 8 heteroatoms. The fourth-order valence-electron chi connectivity index (χ4n) is 4.30. The molecule has 0 amide bonds. The topological polar surface area (TPSA) is 78.0 Å². The molecule has 1 aromatic heterocycles. The highest BCUT2D eigenvalue weighted by Crippen LogP contribution is 2.40. The van der Waals surface area contributed by atoms with Gasteiger partial charge in [0.1, 0.15) is 0 Å². The van der Waals surface area contributed by atoms with Crippen molar-refractivity contribution in [2.45, 2.75) is 0 Å². The maximum Gasteiger partial charge on any atom is 0.227 e. The summed E-state index contributed by atoms with van der Waals surface area (Å²) in [7, 11) is 4.75. The largest absolute Gasteiger partial charge is 0.493 e. The summed E-state index contributed by atoms with van der Waals surface area (Å²) >= 11 is 0. The van der Waals surface area contributed by atoms with Crippen LogP contribution in [-0.4, -0.2) is 57.6 Å². The summed E-state index contributed by atoms with van der Waals surface area (Å²) in [6.07, 6.45) is 1.83. The molecule has 0 aliphatic carbocycles. The molecule has 1 aliphatic heterocycles. The molecule has 8 nitrogen and oxygen atoms in total. The molecule has 1 aliphatic rings. The number of ether oxygens (including phenoxy) is 4. The van der Waals surface area contributed by atoms with Gasteiger partial charge >= 0.3 is 0 Å². The second-order valence-electron chi connectivity index (χ2n) is 8.12. The third-order valence-electron chi connectivity index (χ3n) is 6.09. The van der Waals surface area contributed by atoms with Gasteiger partial charge in [0.2, 0.25) is 11.7 Å². The van der Waals surface area contributed by atoms with E-state index in [9.17, 15) is 0 Å². The van der Waals surface area contributed by atoms with Crippen molar-refractivity contribution in [2.24, 2.45) is 0 Å². The second-order valence-corrected chi connectivity index (χ2v) is 8.12. The molecule has 35 heavy (non-hydrogen) atoms. The van der Waals surface area contributed by atoms with Gasteiger partial charge in [-0.1, -0.05) is 30.3 Å². The number of nitrogens with zero attached hydrogens (tertiary/aromatic N) is 3. The molecule has 4 aromatic rings. The third-order valence-corrected chi connectivity index (χ3v) is 6.09. The van der Waals surface area contributed by atoms with Crippen molar-refractivity contribution in [3.05, 3.63) is 60.8 Å². The van der Waals surface area contributed by atoms with Crippen LogP contribution in [-0.2, 0) is 4.74 Å². The first kappa shape index (κ1) is 22.7. The second kappa shape index (κ2) is 10.1. The average molecular weight is 473 g/mol. The number of benzene rings is 3. The molecule has 1 saturated heterocycles. The normalized spacial score (nSPS) is 13.5. The van der Waals surface area contributed by atoms with Crippen molar-refractivity contribution >= 4 is 28.2 Å². The van der Waals surface area contributed by atoms with Crippen molar-refractivity contribution in [1.82, 2.24) is 9.97 Å². The Kier molecular flexibility index (Phi) is 6.54. The zero-order valence-electron chi connectivity index (χ0n) is 20.1. The first-order valence-corrected chi connectivity index (χ1v) is 11.5. The summed E-state index contributed by atoms with van der Waals surface area (Å²) in [6, 6.07) is 18.4. The van der Waals surface area contributed by atoms with Crippen LogP contribution in [0.5, 0.6) is 17.2 Å². The van der Waals surface area contributed by atoms with E-state index < -0.39 is 0 Å². The van der Waals surface area contributed by atoms with E-state index in [2.05, 4.69) is 45.5 Å². The summed E-state index contributed by atoms with van der Waals surface area (Å²) in [6.45, 7) is 3.36. The highest BCUT2D eigenvalue weighted by molar-refractivity contribution is 5.94. The lowest BCUT2D eigenvalue weighted by molar-refractivity contribution is 0.122. The lowest BCUT2D eigenvalue weighted by Crippen LogP contribution is -2.36. The standard InChI is InChI=1S/C27H28N4O4/c1-32-23-15-20(16-24(33-2)26(23)34-3)29-27-28-17-19-5-4-6-22(25(19)30-27)18-7-9-21(10-8-18)31-11-13-35-14-12-31/h4-10,15-17H,11-14H2,1-3H3,(H,28,29,30). The molecule has 2 heterocycles. The summed E-state index contributed by atoms with van der Waals surface area (Å²) in [4.78, 5) is 11.7. The zero-order chi connectivity index (χ0) is 24.2. The van der Waals surface area contributed by atoms with Gasteiger partial charge in [-0.2, -0.15) is 0 Å². The molecule has 0 spiro atoms. The Morgan fingerprint density at radius 3 is 2.26 bits per heavy atom. The van der Waals surface area contributed by atoms with Crippen LogP contribution in [0.2, 0.25) is 0 Å². The summed E-state index contributed by atoms with van der Waals surface area (Å²) in [5.74, 6) is 2.11. The van der Waals surface area contributed by atoms with E-state index in [0.29, 0.717) is 23.2 Å². The first-order chi connectivity index (χ1) is 17.2. The predicted octanol–water partition coefficient (Wildman–Crippen LogP) is 4.90. The van der Waals surface area contributed by atoms with Crippen molar-refractivity contribution in [2.75, 3.05) is 57.8 Å². The van der Waals surface area contributed by atoms with Gasteiger partial charge < -0.3 is 29.2 Å². The van der Waals surface area contributed by atoms with Crippen molar-refractivity contribution in [1.29, 1.82) is 0 Å². The zero-order valence-corrected chi connectivity index (χ0v) is 20.1. The number of para-hydroxylation sites is 1. The van der Waals surface area contributed by atoms with E-state index in [1.807, 2.05) is 30.5 Å². The van der Waals surface area contributed by atoms with Gasteiger partial charge in [-0.05, 0) is 17.7 Å². The minimum atomic E-state index is 0.476. The minimum Gasteiger partial charge on any atom is -0.493 e. The van der Waals surface area contributed by atoms with Gasteiger partial charge in [-0.3, -0.25) is 0 Å². The van der Waals surface area contributed by atoms with Gasteiger partial charge in [-0.15, -0.1) is 0 Å². The smallest absolute Gasteiger partial charge is 0.227 e. The lowest BCUT2D eigenvalue weighted by Gasteiger charge is -2.29. The SMILES string of the molecule is COc1cc(Nc2ncc3cccc(-c4ccc(N5CCOCC5)cc4)c3n2)cc(OC)c1OC. The van der Waals surface area contributed by atoms with Crippen LogP contribution < -0.4 is 24.4 Å². The van der Waals surface area contributed by atoms with E-state index in [-0.39, 0.29) is 0 Å². The van der Waals surface area contributed by atoms with Crippen LogP contribution in [0.15, 0.2) is 60.8 Å². The Morgan fingerprint density at radius 2 is 1.60 bits per heavy atom. The molecule has 0 saturated carbocycles. The lowest BCUT2D eigenvalue weighted by atomic mass is 10.0. The highest BCUT2D eigenvalue weighted by atomic mass is 16.5. The van der Waals surface area contributed by atoms with Gasteiger partial charge in [0, 0.05) is 53.7 Å². The fraction of sp³-hybridized carbons (Fsp3) is 0.259. The number of morpholine rings is 1. The summed E-state index contributed by atoms with van der Waals surface area (Å²) in [5.41, 5.74) is 4.95. The van der Waals surface area contributed by atoms with Crippen LogP contribution in [0, 0.1) is 0 Å². The maximum atomic E-state index is 5.47. The number of rotatable bonds is 7. The molecule has 0 unspecified atom stereocenters. The molecule has 0 bridgehead atoms. The molecule has 5 rings (SSSR count). The number of hydrogen-bond acceptors (Lipinski definition) is 8. The third kappa shape index (κ3) is 4.65. The van der Waals surface area contributed by atoms with Gasteiger partial charge in [0.15, 0.2) is 11.5 Å². The molecule has 1 fully saturated rings. The van der Waals surface area contributed by atoms with Crippen molar-refractivity contribution in [3.8, 4) is 28.4 Å². The molecule has 3 aromatic carbocycles. The van der Waals surface area contributed by atoms with Crippen LogP contribution >= 0.6 is 0 Å². The molecule has 1 N–H and O–H groups in total. The maximum absolute atomic E-state index is 5.47. The molecule has 180 valence electrons. The van der Waals surface area contributed by atoms with Crippen LogP contribution in [0.1, 0.15) is 0 Å². The van der Waals surface area contributed by atoms with Crippen molar-refractivity contribution in [3.63, 3.8) is 0 Å². The number of hydrogen-bond donors (Lipinski definition) is 1. The average Bonchev–Trinajstić information content (AvgIpc) is 2.92. The van der Waals surface area contributed by atoms with Gasteiger partial charge in [-0.25, -0.2) is 9.97 Å². The number of anilines is 3. The summed E-state index contributed by atoms with van der Waals surface area (Å²) < 4.78 is 21.8. The van der Waals surface area contributed by atoms with Gasteiger partial charge in [0.25, 0.3) is 0 Å². The van der Waals surface area contributed by atoms with Crippen LogP contribution in [0.3, 0.4) is 0 Å². The Labute approximate surface area is 204 Å². The van der Waals surface area contributed by atoms with E-state index in [1.165, 1.54) is 5.69 Å². The van der Waals surface area contributed by atoms with E-state index in [1.54, 1.807) is 21.3 Å². The van der Waals surface area contributed by atoms with E-state index in [4.69, 9.17) is 23.9 Å². The molecule has 0 radical (unpaired) electrons. The Balaban J connectivity index is 1.47. The number of nitrogens with one attached hydrogen (secondary N) is 1. The van der Waals surface area contributed by atoms with Crippen LogP contribution in [0.4, 0.5) is 17.3 Å². The highest BCUT2D eigenvalue weighted by Gasteiger charge is 2.15.